The minimum atomic E-state index is -4.33. The summed E-state index contributed by atoms with van der Waals surface area (Å²) in [5.41, 5.74) is -0.287. The van der Waals surface area contributed by atoms with Crippen LogP contribution in [0.15, 0.2) is 42.5 Å². The van der Waals surface area contributed by atoms with E-state index in [-0.39, 0.29) is 5.56 Å². The number of ketones is 2. The SMILES string of the molecule is O=C(CF)C(F)(F)C(=O)c1cccc2ccccc12. The molecule has 0 aliphatic rings. The zero-order valence-corrected chi connectivity index (χ0v) is 9.70. The zero-order chi connectivity index (χ0) is 14.0. The summed E-state index contributed by atoms with van der Waals surface area (Å²) in [5.74, 6) is -8.03. The number of carbonyl (C=O) groups is 2. The first-order valence-electron chi connectivity index (χ1n) is 5.48. The fourth-order valence-corrected chi connectivity index (χ4v) is 1.80. The van der Waals surface area contributed by atoms with Crippen LogP contribution < -0.4 is 0 Å². The maximum Gasteiger partial charge on any atom is 0.369 e. The van der Waals surface area contributed by atoms with E-state index in [0.29, 0.717) is 10.8 Å². The minimum absolute atomic E-state index is 0.287. The highest BCUT2D eigenvalue weighted by molar-refractivity contribution is 6.20. The van der Waals surface area contributed by atoms with Gasteiger partial charge in [-0.15, -0.1) is 0 Å². The molecule has 0 aromatic heterocycles. The Balaban J connectivity index is 2.56. The van der Waals surface area contributed by atoms with E-state index in [9.17, 15) is 22.8 Å². The number of benzene rings is 2. The van der Waals surface area contributed by atoms with Crippen LogP contribution in [0, 0.1) is 0 Å². The number of hydrogen-bond acceptors (Lipinski definition) is 2. The Hall–Kier alpha value is -2.17. The second-order valence-corrected chi connectivity index (χ2v) is 3.99. The molecule has 0 saturated heterocycles. The Morgan fingerprint density at radius 1 is 1.00 bits per heavy atom. The Bertz CT molecular complexity index is 645. The van der Waals surface area contributed by atoms with Gasteiger partial charge in [0.05, 0.1) is 0 Å². The predicted molar refractivity (Wildman–Crippen MR) is 64.2 cm³/mol. The van der Waals surface area contributed by atoms with Crippen LogP contribution in [0.3, 0.4) is 0 Å². The van der Waals surface area contributed by atoms with Gasteiger partial charge in [0.2, 0.25) is 11.6 Å². The molecule has 0 spiro atoms. The van der Waals surface area contributed by atoms with Gasteiger partial charge in [0.1, 0.15) is 0 Å². The maximum atomic E-state index is 13.5. The smallest absolute Gasteiger partial charge is 0.289 e. The van der Waals surface area contributed by atoms with Gasteiger partial charge in [-0.05, 0) is 10.8 Å². The van der Waals surface area contributed by atoms with Crippen molar-refractivity contribution >= 4 is 22.3 Å². The lowest BCUT2D eigenvalue weighted by Crippen LogP contribution is -2.39. The van der Waals surface area contributed by atoms with Crippen molar-refractivity contribution in [3.8, 4) is 0 Å². The molecule has 19 heavy (non-hydrogen) atoms. The van der Waals surface area contributed by atoms with E-state index >= 15 is 0 Å². The predicted octanol–water partition coefficient (Wildman–Crippen LogP) is 3.20. The number of alkyl halides is 3. The molecule has 0 N–H and O–H groups in total. The molecule has 0 aliphatic heterocycles. The lowest BCUT2D eigenvalue weighted by molar-refractivity contribution is -0.137. The van der Waals surface area contributed by atoms with E-state index in [1.807, 2.05) is 0 Å². The Morgan fingerprint density at radius 3 is 2.32 bits per heavy atom. The van der Waals surface area contributed by atoms with Gasteiger partial charge in [-0.1, -0.05) is 42.5 Å². The highest BCUT2D eigenvalue weighted by Crippen LogP contribution is 2.26. The molecule has 0 bridgehead atoms. The molecular weight excluding hydrogens is 257 g/mol. The average molecular weight is 266 g/mol. The van der Waals surface area contributed by atoms with Gasteiger partial charge in [-0.2, -0.15) is 8.78 Å². The second-order valence-electron chi connectivity index (χ2n) is 3.99. The van der Waals surface area contributed by atoms with Crippen molar-refractivity contribution in [3.63, 3.8) is 0 Å². The zero-order valence-electron chi connectivity index (χ0n) is 9.70. The summed E-state index contributed by atoms with van der Waals surface area (Å²) in [6.45, 7) is -1.87. The monoisotopic (exact) mass is 266 g/mol. The van der Waals surface area contributed by atoms with E-state index in [2.05, 4.69) is 0 Å². The highest BCUT2D eigenvalue weighted by Gasteiger charge is 2.47. The van der Waals surface area contributed by atoms with E-state index in [4.69, 9.17) is 0 Å². The third kappa shape index (κ3) is 2.23. The number of carbonyl (C=O) groups excluding carboxylic acids is 2. The first kappa shape index (κ1) is 13.3. The van der Waals surface area contributed by atoms with Crippen LogP contribution in [0.5, 0.6) is 0 Å². The number of halogens is 3. The molecule has 0 amide bonds. The normalized spacial score (nSPS) is 11.5. The Labute approximate surface area is 106 Å². The molecule has 2 rings (SSSR count). The standard InChI is InChI=1S/C14H9F3O2/c15-8-12(18)14(16,17)13(19)11-7-3-5-9-4-1-2-6-10(9)11/h1-7H,8H2. The molecule has 5 heteroatoms. The molecule has 2 aromatic carbocycles. The first-order valence-corrected chi connectivity index (χ1v) is 5.48. The van der Waals surface area contributed by atoms with Gasteiger partial charge < -0.3 is 0 Å². The van der Waals surface area contributed by atoms with E-state index in [1.165, 1.54) is 18.2 Å². The molecule has 0 fully saturated rings. The van der Waals surface area contributed by atoms with Crippen LogP contribution in [-0.4, -0.2) is 24.2 Å². The van der Waals surface area contributed by atoms with Gasteiger partial charge in [0, 0.05) is 5.56 Å². The molecule has 0 atom stereocenters. The molecule has 0 heterocycles. The second kappa shape index (κ2) is 4.84. The van der Waals surface area contributed by atoms with E-state index in [0.717, 1.165) is 0 Å². The van der Waals surface area contributed by atoms with Crippen LogP contribution in [-0.2, 0) is 4.79 Å². The molecule has 0 saturated carbocycles. The van der Waals surface area contributed by atoms with Gasteiger partial charge in [-0.3, -0.25) is 9.59 Å². The molecular formula is C14H9F3O2. The minimum Gasteiger partial charge on any atom is -0.289 e. The quantitative estimate of drug-likeness (QED) is 0.629. The fourth-order valence-electron chi connectivity index (χ4n) is 1.80. The number of fused-ring (bicyclic) bond motifs is 1. The number of rotatable bonds is 4. The fraction of sp³-hybridized carbons (Fsp3) is 0.143. The van der Waals surface area contributed by atoms with Crippen molar-refractivity contribution in [1.29, 1.82) is 0 Å². The highest BCUT2D eigenvalue weighted by atomic mass is 19.3. The number of Topliss-reactive ketones (excluding diaryl/α,β-unsaturated/α-hetero) is 2. The van der Waals surface area contributed by atoms with Crippen LogP contribution in [0.1, 0.15) is 10.4 Å². The molecule has 0 radical (unpaired) electrons. The summed E-state index contributed by atoms with van der Waals surface area (Å²) < 4.78 is 39.1. The van der Waals surface area contributed by atoms with Crippen molar-refractivity contribution in [1.82, 2.24) is 0 Å². The van der Waals surface area contributed by atoms with Gasteiger partial charge in [0.15, 0.2) is 6.67 Å². The molecule has 2 aromatic rings. The summed E-state index contributed by atoms with van der Waals surface area (Å²) in [6.07, 6.45) is 0. The van der Waals surface area contributed by atoms with Crippen LogP contribution in [0.2, 0.25) is 0 Å². The lowest BCUT2D eigenvalue weighted by atomic mass is 9.97. The lowest BCUT2D eigenvalue weighted by Gasteiger charge is -2.13. The average Bonchev–Trinajstić information content (AvgIpc) is 2.44. The van der Waals surface area contributed by atoms with E-state index in [1.54, 1.807) is 24.3 Å². The summed E-state index contributed by atoms with van der Waals surface area (Å²) in [6, 6.07) is 10.7. The van der Waals surface area contributed by atoms with Crippen molar-refractivity contribution < 1.29 is 22.8 Å². The maximum absolute atomic E-state index is 13.5. The van der Waals surface area contributed by atoms with Crippen molar-refractivity contribution in [2.75, 3.05) is 6.67 Å². The topological polar surface area (TPSA) is 34.1 Å². The van der Waals surface area contributed by atoms with Crippen LogP contribution >= 0.6 is 0 Å². The van der Waals surface area contributed by atoms with Gasteiger partial charge in [0.25, 0.3) is 0 Å². The van der Waals surface area contributed by atoms with Crippen molar-refractivity contribution in [2.24, 2.45) is 0 Å². The molecule has 2 nitrogen and oxygen atoms in total. The number of hydrogen-bond donors (Lipinski definition) is 0. The first-order chi connectivity index (χ1) is 8.98. The Kier molecular flexibility index (Phi) is 3.38. The van der Waals surface area contributed by atoms with Crippen LogP contribution in [0.25, 0.3) is 10.8 Å². The summed E-state index contributed by atoms with van der Waals surface area (Å²) >= 11 is 0. The summed E-state index contributed by atoms with van der Waals surface area (Å²) in [7, 11) is 0. The Morgan fingerprint density at radius 2 is 1.63 bits per heavy atom. The van der Waals surface area contributed by atoms with Gasteiger partial charge in [-0.25, -0.2) is 4.39 Å². The van der Waals surface area contributed by atoms with Gasteiger partial charge >= 0.3 is 5.92 Å². The third-order valence-electron chi connectivity index (χ3n) is 2.79. The van der Waals surface area contributed by atoms with E-state index < -0.39 is 24.2 Å². The molecule has 0 aliphatic carbocycles. The molecule has 98 valence electrons. The van der Waals surface area contributed by atoms with Crippen LogP contribution in [0.4, 0.5) is 13.2 Å². The summed E-state index contributed by atoms with van der Waals surface area (Å²) in [4.78, 5) is 22.6. The van der Waals surface area contributed by atoms with Crippen molar-refractivity contribution in [2.45, 2.75) is 5.92 Å². The largest absolute Gasteiger partial charge is 0.369 e. The summed E-state index contributed by atoms with van der Waals surface area (Å²) in [5, 5.41) is 0.901. The third-order valence-corrected chi connectivity index (χ3v) is 2.79. The molecule has 0 unspecified atom stereocenters. The van der Waals surface area contributed by atoms with Crippen molar-refractivity contribution in [3.05, 3.63) is 48.0 Å².